The Balaban J connectivity index is 1.55. The van der Waals surface area contributed by atoms with Crippen molar-refractivity contribution in [3.63, 3.8) is 0 Å². The summed E-state index contributed by atoms with van der Waals surface area (Å²) in [5.74, 6) is -0.495. The minimum atomic E-state index is -1.11. The summed E-state index contributed by atoms with van der Waals surface area (Å²) in [5.41, 5.74) is 6.16. The predicted octanol–water partition coefficient (Wildman–Crippen LogP) is 8.71. The van der Waals surface area contributed by atoms with Crippen molar-refractivity contribution in [1.29, 1.82) is 0 Å². The normalized spacial score (nSPS) is 12.0. The van der Waals surface area contributed by atoms with Crippen molar-refractivity contribution in [2.24, 2.45) is 0 Å². The molecular formula is C33H29ClN2O3. The molecule has 0 amide bonds. The first-order valence-electron chi connectivity index (χ1n) is 13.1. The number of H-pyrrole nitrogens is 1. The third-order valence-corrected chi connectivity index (χ3v) is 7.39. The van der Waals surface area contributed by atoms with Gasteiger partial charge in [0.25, 0.3) is 0 Å². The molecule has 2 N–H and O–H groups in total. The second-order valence-electron chi connectivity index (χ2n) is 9.84. The Hall–Kier alpha value is -4.22. The lowest BCUT2D eigenvalue weighted by molar-refractivity contribution is 0.0697. The highest BCUT2D eigenvalue weighted by molar-refractivity contribution is 6.31. The van der Waals surface area contributed by atoms with Crippen molar-refractivity contribution in [3.05, 3.63) is 112 Å². The lowest BCUT2D eigenvalue weighted by Gasteiger charge is -2.17. The number of aromatic carboxylic acids is 1. The number of aromatic amines is 1. The molecule has 0 aliphatic carbocycles. The van der Waals surface area contributed by atoms with E-state index in [1.165, 1.54) is 6.07 Å². The van der Waals surface area contributed by atoms with E-state index in [4.69, 9.17) is 16.6 Å². The fourth-order valence-electron chi connectivity index (χ4n) is 5.18. The van der Waals surface area contributed by atoms with E-state index in [1.807, 2.05) is 61.5 Å². The zero-order chi connectivity index (χ0) is 27.5. The second-order valence-corrected chi connectivity index (χ2v) is 10.3. The van der Waals surface area contributed by atoms with Gasteiger partial charge in [-0.05, 0) is 71.8 Å². The quantitative estimate of drug-likeness (QED) is 0.184. The predicted molar refractivity (Wildman–Crippen MR) is 157 cm³/mol. The van der Waals surface area contributed by atoms with Crippen molar-refractivity contribution < 1.29 is 14.7 Å². The van der Waals surface area contributed by atoms with Gasteiger partial charge in [-0.3, -0.25) is 4.79 Å². The third kappa shape index (κ3) is 5.50. The average Bonchev–Trinajstić information content (AvgIpc) is 3.38. The van der Waals surface area contributed by atoms with Gasteiger partial charge in [-0.15, -0.1) is 0 Å². The molecule has 0 radical (unpaired) electrons. The van der Waals surface area contributed by atoms with Gasteiger partial charge in [0.15, 0.2) is 5.78 Å². The first kappa shape index (κ1) is 26.4. The number of imidazole rings is 1. The van der Waals surface area contributed by atoms with Crippen LogP contribution in [-0.4, -0.2) is 26.8 Å². The molecule has 5 nitrogen and oxygen atoms in total. The molecule has 1 heterocycles. The summed E-state index contributed by atoms with van der Waals surface area (Å²) in [5, 5.41) is 10.7. The van der Waals surface area contributed by atoms with Crippen LogP contribution in [0.5, 0.6) is 0 Å². The molecule has 0 aliphatic rings. The number of rotatable bonds is 9. The van der Waals surface area contributed by atoms with Gasteiger partial charge < -0.3 is 10.1 Å². The number of nitrogens with one attached hydrogen (secondary N) is 1. The second kappa shape index (κ2) is 11.3. The Morgan fingerprint density at radius 2 is 1.69 bits per heavy atom. The van der Waals surface area contributed by atoms with Crippen LogP contribution in [0.15, 0.2) is 84.9 Å². The monoisotopic (exact) mass is 536 g/mol. The molecule has 5 aromatic rings. The Kier molecular flexibility index (Phi) is 7.62. The summed E-state index contributed by atoms with van der Waals surface area (Å²) in [6.07, 6.45) is 2.14. The van der Waals surface area contributed by atoms with Gasteiger partial charge in [-0.25, -0.2) is 9.78 Å². The van der Waals surface area contributed by atoms with Crippen molar-refractivity contribution in [2.75, 3.05) is 0 Å². The highest BCUT2D eigenvalue weighted by Gasteiger charge is 2.22. The minimum absolute atomic E-state index is 0.0448. The molecule has 6 heteroatoms. The SMILES string of the molecule is CCC[C@@H](CC(=O)c1ccc(-c2cc(Cl)ccc2-c2nc3c(C)cccc3[nH]2)c(C(=O)O)c1)c1ccccc1. The van der Waals surface area contributed by atoms with Crippen LogP contribution < -0.4 is 0 Å². The average molecular weight is 537 g/mol. The van der Waals surface area contributed by atoms with Gasteiger partial charge in [-0.1, -0.05) is 79.5 Å². The van der Waals surface area contributed by atoms with Gasteiger partial charge in [0.2, 0.25) is 0 Å². The third-order valence-electron chi connectivity index (χ3n) is 7.15. The van der Waals surface area contributed by atoms with Crippen molar-refractivity contribution in [1.82, 2.24) is 9.97 Å². The number of halogens is 1. The van der Waals surface area contributed by atoms with Crippen LogP contribution in [0.25, 0.3) is 33.5 Å². The summed E-state index contributed by atoms with van der Waals surface area (Å²) >= 11 is 6.38. The van der Waals surface area contributed by atoms with Crippen LogP contribution in [0.1, 0.15) is 63.9 Å². The molecule has 0 bridgehead atoms. The molecule has 4 aromatic carbocycles. The number of carboxylic acid groups (broad SMARTS) is 1. The summed E-state index contributed by atoms with van der Waals surface area (Å²) in [4.78, 5) is 34.0. The number of para-hydroxylation sites is 1. The number of fused-ring (bicyclic) bond motifs is 1. The summed E-state index contributed by atoms with van der Waals surface area (Å²) in [7, 11) is 0. The van der Waals surface area contributed by atoms with Crippen LogP contribution in [0.3, 0.4) is 0 Å². The molecule has 1 aromatic heterocycles. The standard InChI is InChI=1S/C33H29ClN2O3/c1-3-8-22(21-10-5-4-6-11-21)18-30(37)23-13-15-25(28(17-23)33(38)39)27-19-24(34)14-16-26(27)32-35-29-12-7-9-20(2)31(29)36-32/h4-7,9-17,19,22H,3,8,18H2,1-2H3,(H,35,36)(H,38,39)/t22-/m0/s1. The van der Waals surface area contributed by atoms with Crippen LogP contribution in [0.4, 0.5) is 0 Å². The smallest absolute Gasteiger partial charge is 0.336 e. The summed E-state index contributed by atoms with van der Waals surface area (Å²) in [6.45, 7) is 4.10. The molecule has 0 spiro atoms. The maximum absolute atomic E-state index is 13.4. The lowest BCUT2D eigenvalue weighted by Crippen LogP contribution is -2.10. The molecule has 0 saturated carbocycles. The zero-order valence-electron chi connectivity index (χ0n) is 21.9. The number of carbonyl (C=O) groups excluding carboxylic acids is 1. The number of hydrogen-bond acceptors (Lipinski definition) is 3. The number of benzene rings is 4. The van der Waals surface area contributed by atoms with E-state index >= 15 is 0 Å². The Morgan fingerprint density at radius 1 is 0.923 bits per heavy atom. The van der Waals surface area contributed by atoms with Crippen molar-refractivity contribution >= 4 is 34.4 Å². The van der Waals surface area contributed by atoms with E-state index in [0.29, 0.717) is 34.0 Å². The van der Waals surface area contributed by atoms with E-state index in [-0.39, 0.29) is 17.3 Å². The number of carbonyl (C=O) groups is 2. The molecule has 0 saturated heterocycles. The molecule has 196 valence electrons. The molecule has 0 fully saturated rings. The first-order valence-corrected chi connectivity index (χ1v) is 13.4. The van der Waals surface area contributed by atoms with Crippen LogP contribution in [0, 0.1) is 6.92 Å². The number of ketones is 1. The number of hydrogen-bond donors (Lipinski definition) is 2. The van der Waals surface area contributed by atoms with Crippen molar-refractivity contribution in [2.45, 2.75) is 39.0 Å². The molecule has 39 heavy (non-hydrogen) atoms. The van der Waals surface area contributed by atoms with Crippen LogP contribution in [-0.2, 0) is 0 Å². The van der Waals surface area contributed by atoms with Gasteiger partial charge >= 0.3 is 5.97 Å². The molecule has 0 aliphatic heterocycles. The molecule has 0 unspecified atom stereocenters. The van der Waals surface area contributed by atoms with E-state index in [9.17, 15) is 14.7 Å². The number of aryl methyl sites for hydroxylation is 1. The van der Waals surface area contributed by atoms with Gasteiger partial charge in [-0.2, -0.15) is 0 Å². The largest absolute Gasteiger partial charge is 0.478 e. The van der Waals surface area contributed by atoms with Gasteiger partial charge in [0, 0.05) is 22.6 Å². The van der Waals surface area contributed by atoms with E-state index in [0.717, 1.165) is 40.6 Å². The Labute approximate surface area is 232 Å². The van der Waals surface area contributed by atoms with Crippen molar-refractivity contribution in [3.8, 4) is 22.5 Å². The topological polar surface area (TPSA) is 83.0 Å². The van der Waals surface area contributed by atoms with Gasteiger partial charge in [0.1, 0.15) is 5.82 Å². The van der Waals surface area contributed by atoms with E-state index in [1.54, 1.807) is 24.3 Å². The maximum atomic E-state index is 13.4. The first-order chi connectivity index (χ1) is 18.9. The fourth-order valence-corrected chi connectivity index (χ4v) is 5.35. The number of Topliss-reactive ketones (excluding diaryl/α,β-unsaturated/α-hetero) is 1. The van der Waals surface area contributed by atoms with E-state index < -0.39 is 5.97 Å². The Bertz CT molecular complexity index is 1670. The van der Waals surface area contributed by atoms with Crippen LogP contribution >= 0.6 is 11.6 Å². The number of aromatic nitrogens is 2. The number of nitrogens with zero attached hydrogens (tertiary/aromatic N) is 1. The van der Waals surface area contributed by atoms with Crippen LogP contribution in [0.2, 0.25) is 5.02 Å². The maximum Gasteiger partial charge on any atom is 0.336 e. The van der Waals surface area contributed by atoms with E-state index in [2.05, 4.69) is 11.9 Å². The highest BCUT2D eigenvalue weighted by Crippen LogP contribution is 2.37. The minimum Gasteiger partial charge on any atom is -0.478 e. The fraction of sp³-hybridized carbons (Fsp3) is 0.182. The number of carboxylic acids is 1. The van der Waals surface area contributed by atoms with Gasteiger partial charge in [0.05, 0.1) is 16.6 Å². The summed E-state index contributed by atoms with van der Waals surface area (Å²) in [6, 6.07) is 26.2. The lowest BCUT2D eigenvalue weighted by atomic mass is 9.87. The molecule has 5 rings (SSSR count). The molecule has 1 atom stereocenters. The zero-order valence-corrected chi connectivity index (χ0v) is 22.6. The molecular weight excluding hydrogens is 508 g/mol. The summed E-state index contributed by atoms with van der Waals surface area (Å²) < 4.78 is 0. The highest BCUT2D eigenvalue weighted by atomic mass is 35.5. The Morgan fingerprint density at radius 3 is 2.41 bits per heavy atom.